The van der Waals surface area contributed by atoms with E-state index in [-0.39, 0.29) is 34.5 Å². The van der Waals surface area contributed by atoms with E-state index >= 15 is 0 Å². The largest absolute Gasteiger partial charge is 0.493 e. The fraction of sp³-hybridized carbons (Fsp3) is 0.440. The zero-order valence-electron chi connectivity index (χ0n) is 19.8. The third-order valence-electron chi connectivity index (χ3n) is 6.82. The van der Waals surface area contributed by atoms with Gasteiger partial charge in [-0.1, -0.05) is 17.4 Å². The van der Waals surface area contributed by atoms with Crippen LogP contribution in [-0.2, 0) is 14.3 Å². The van der Waals surface area contributed by atoms with Crippen LogP contribution in [0.25, 0.3) is 0 Å². The molecule has 4 atom stereocenters. The lowest BCUT2D eigenvalue weighted by Crippen LogP contribution is -2.42. The molecule has 0 N–H and O–H groups in total. The fourth-order valence-corrected chi connectivity index (χ4v) is 6.15. The van der Waals surface area contributed by atoms with E-state index in [1.165, 1.54) is 26.0 Å². The Morgan fingerprint density at radius 3 is 2.60 bits per heavy atom. The summed E-state index contributed by atoms with van der Waals surface area (Å²) in [4.78, 5) is 45.9. The minimum Gasteiger partial charge on any atom is -0.493 e. The first-order valence-electron chi connectivity index (χ1n) is 11.4. The number of hydrogen-bond acceptors (Lipinski definition) is 8. The summed E-state index contributed by atoms with van der Waals surface area (Å²) >= 11 is 1.09. The van der Waals surface area contributed by atoms with Gasteiger partial charge in [0.2, 0.25) is 0 Å². The van der Waals surface area contributed by atoms with Crippen molar-refractivity contribution in [1.82, 2.24) is 4.98 Å². The molecule has 1 amide bonds. The number of aryl methyl sites for hydroxylation is 1. The van der Waals surface area contributed by atoms with Crippen molar-refractivity contribution in [3.63, 3.8) is 0 Å². The summed E-state index contributed by atoms with van der Waals surface area (Å²) in [6.45, 7) is 3.14. The first-order valence-corrected chi connectivity index (χ1v) is 12.2. The van der Waals surface area contributed by atoms with E-state index in [0.717, 1.165) is 11.3 Å². The van der Waals surface area contributed by atoms with E-state index in [1.807, 2.05) is 0 Å². The van der Waals surface area contributed by atoms with Gasteiger partial charge in [-0.15, -0.1) is 0 Å². The van der Waals surface area contributed by atoms with Crippen LogP contribution < -0.4 is 14.4 Å². The molecule has 4 unspecified atom stereocenters. The molecular formula is C25H25FN2O6S. The maximum atomic E-state index is 14.2. The summed E-state index contributed by atoms with van der Waals surface area (Å²) in [5.74, 6) is -0.708. The van der Waals surface area contributed by atoms with E-state index in [0.29, 0.717) is 40.5 Å². The van der Waals surface area contributed by atoms with Crippen LogP contribution in [0.3, 0.4) is 0 Å². The topological polar surface area (TPSA) is 95.0 Å². The van der Waals surface area contributed by atoms with Crippen molar-refractivity contribution in [2.24, 2.45) is 5.92 Å². The van der Waals surface area contributed by atoms with Crippen LogP contribution in [0.4, 0.5) is 9.52 Å². The third-order valence-corrected chi connectivity index (χ3v) is 8.08. The fourth-order valence-electron chi connectivity index (χ4n) is 5.16. The van der Waals surface area contributed by atoms with Crippen molar-refractivity contribution < 1.29 is 33.0 Å². The van der Waals surface area contributed by atoms with Crippen LogP contribution in [0.15, 0.2) is 29.5 Å². The molecule has 8 nitrogen and oxygen atoms in total. The number of hydrogen-bond donors (Lipinski definition) is 0. The Balaban J connectivity index is 1.67. The van der Waals surface area contributed by atoms with Crippen LogP contribution in [-0.4, -0.2) is 49.0 Å². The molecule has 0 radical (unpaired) electrons. The Morgan fingerprint density at radius 2 is 1.94 bits per heavy atom. The minimum atomic E-state index is -1.08. The smallest absolute Gasteiger partial charge is 0.296 e. The number of aromatic nitrogens is 1. The molecule has 1 aromatic carbocycles. The molecule has 3 heterocycles. The summed E-state index contributed by atoms with van der Waals surface area (Å²) in [5.41, 5.74) is 1.28. The molecule has 0 spiro atoms. The number of benzene rings is 1. The van der Waals surface area contributed by atoms with Crippen LogP contribution in [0.2, 0.25) is 0 Å². The van der Waals surface area contributed by atoms with Gasteiger partial charge in [0.1, 0.15) is 12.3 Å². The number of thiazole rings is 1. The van der Waals surface area contributed by atoms with Crippen molar-refractivity contribution in [2.75, 3.05) is 19.1 Å². The highest BCUT2D eigenvalue weighted by Crippen LogP contribution is 2.50. The van der Waals surface area contributed by atoms with Crippen molar-refractivity contribution >= 4 is 33.9 Å². The van der Waals surface area contributed by atoms with Gasteiger partial charge in [-0.2, -0.15) is 0 Å². The highest BCUT2D eigenvalue weighted by atomic mass is 32.1. The number of Topliss-reactive ketones (excluding diaryl/α,β-unsaturated/α-hetero) is 2. The molecule has 1 saturated carbocycles. The number of ether oxygens (including phenoxy) is 3. The van der Waals surface area contributed by atoms with Crippen molar-refractivity contribution in [3.8, 4) is 11.5 Å². The zero-order valence-corrected chi connectivity index (χ0v) is 20.6. The first-order chi connectivity index (χ1) is 16.7. The van der Waals surface area contributed by atoms with Crippen LogP contribution >= 0.6 is 11.3 Å². The summed E-state index contributed by atoms with van der Waals surface area (Å²) in [7, 11) is 3.01. The Bertz CT molecular complexity index is 1270. The minimum absolute atomic E-state index is 0.0226. The number of carbonyl (C=O) groups excluding carboxylic acids is 3. The quantitative estimate of drug-likeness (QED) is 0.570. The molecule has 0 saturated heterocycles. The van der Waals surface area contributed by atoms with Crippen molar-refractivity contribution in [3.05, 3.63) is 45.7 Å². The van der Waals surface area contributed by atoms with Gasteiger partial charge in [0.25, 0.3) is 5.91 Å². The Morgan fingerprint density at radius 1 is 1.20 bits per heavy atom. The van der Waals surface area contributed by atoms with E-state index in [1.54, 1.807) is 25.1 Å². The van der Waals surface area contributed by atoms with E-state index in [9.17, 15) is 18.8 Å². The first kappa shape index (κ1) is 23.5. The highest BCUT2D eigenvalue weighted by molar-refractivity contribution is 7.17. The molecule has 2 aliphatic heterocycles. The zero-order chi connectivity index (χ0) is 25.0. The summed E-state index contributed by atoms with van der Waals surface area (Å²) < 4.78 is 31.1. The number of carbonyl (C=O) groups is 3. The van der Waals surface area contributed by atoms with Crippen molar-refractivity contribution in [2.45, 2.75) is 51.4 Å². The standard InChI is InChI=1S/C25H25FN2O6S/c1-11-23(12(2)29)35-25(27-11)28-20(13-5-7-17(32-3)18(9-13)33-4)19-21(30)15-10-14(26)6-8-16(15)34-22(19)24(28)31/h5,7,9,14-16,20H,6,8,10H2,1-4H3. The number of rotatable bonds is 5. The normalized spacial score (nSPS) is 25.8. The lowest BCUT2D eigenvalue weighted by molar-refractivity contribution is -0.133. The van der Waals surface area contributed by atoms with Crippen LogP contribution in [0, 0.1) is 12.8 Å². The SMILES string of the molecule is COc1ccc(C2C3=C(OC4CCC(F)CC4C3=O)C(=O)N2c2nc(C)c(C(C)=O)s2)cc1OC. The second kappa shape index (κ2) is 8.75. The summed E-state index contributed by atoms with van der Waals surface area (Å²) in [5, 5.41) is 0.287. The van der Waals surface area contributed by atoms with Gasteiger partial charge in [-0.25, -0.2) is 9.37 Å². The summed E-state index contributed by atoms with van der Waals surface area (Å²) in [6, 6.07) is 4.27. The molecular weight excluding hydrogens is 475 g/mol. The van der Waals surface area contributed by atoms with Crippen LogP contribution in [0.5, 0.6) is 11.5 Å². The third kappa shape index (κ3) is 3.71. The number of methoxy groups -OCH3 is 2. The number of nitrogens with zero attached hydrogens (tertiary/aromatic N) is 2. The average molecular weight is 501 g/mol. The van der Waals surface area contributed by atoms with Gasteiger partial charge in [0.15, 0.2) is 34.0 Å². The highest BCUT2D eigenvalue weighted by Gasteiger charge is 2.54. The number of amides is 1. The van der Waals surface area contributed by atoms with E-state index < -0.39 is 30.1 Å². The van der Waals surface area contributed by atoms with E-state index in [4.69, 9.17) is 14.2 Å². The molecule has 5 rings (SSSR count). The van der Waals surface area contributed by atoms with Gasteiger partial charge in [-0.3, -0.25) is 19.3 Å². The number of ketones is 2. The molecule has 35 heavy (non-hydrogen) atoms. The number of fused-ring (bicyclic) bond motifs is 1. The van der Waals surface area contributed by atoms with Gasteiger partial charge < -0.3 is 14.2 Å². The second-order valence-electron chi connectivity index (χ2n) is 8.94. The van der Waals surface area contributed by atoms with Gasteiger partial charge in [0.05, 0.1) is 42.3 Å². The molecule has 3 aliphatic rings. The van der Waals surface area contributed by atoms with Crippen LogP contribution in [0.1, 0.15) is 53.2 Å². The summed E-state index contributed by atoms with van der Waals surface area (Å²) in [6.07, 6.45) is -0.889. The second-order valence-corrected chi connectivity index (χ2v) is 9.92. The van der Waals surface area contributed by atoms with E-state index in [2.05, 4.69) is 4.98 Å². The maximum absolute atomic E-state index is 14.2. The lowest BCUT2D eigenvalue weighted by atomic mass is 9.77. The molecule has 1 aromatic heterocycles. The molecule has 10 heteroatoms. The molecule has 2 aromatic rings. The lowest BCUT2D eigenvalue weighted by Gasteiger charge is -2.36. The van der Waals surface area contributed by atoms with Gasteiger partial charge in [0, 0.05) is 6.92 Å². The number of anilines is 1. The van der Waals surface area contributed by atoms with Crippen molar-refractivity contribution in [1.29, 1.82) is 0 Å². The molecule has 184 valence electrons. The number of alkyl halides is 1. The average Bonchev–Trinajstić information content (AvgIpc) is 3.36. The predicted molar refractivity (Wildman–Crippen MR) is 126 cm³/mol. The Hall–Kier alpha value is -3.27. The molecule has 1 fully saturated rings. The van der Waals surface area contributed by atoms with Gasteiger partial charge in [-0.05, 0) is 43.9 Å². The maximum Gasteiger partial charge on any atom is 0.296 e. The molecule has 1 aliphatic carbocycles. The molecule has 0 bridgehead atoms. The Labute approximate surface area is 205 Å². The predicted octanol–water partition coefficient (Wildman–Crippen LogP) is 4.12. The Kier molecular flexibility index (Phi) is 5.86. The monoisotopic (exact) mass is 500 g/mol. The number of halogens is 1. The van der Waals surface area contributed by atoms with Gasteiger partial charge >= 0.3 is 0 Å².